The van der Waals surface area contributed by atoms with E-state index in [0.29, 0.717) is 33.9 Å². The zero-order valence-electron chi connectivity index (χ0n) is 19.7. The highest BCUT2D eigenvalue weighted by Crippen LogP contribution is 2.37. The smallest absolute Gasteiger partial charge is 0.325 e. The Morgan fingerprint density at radius 1 is 0.857 bits per heavy atom. The van der Waals surface area contributed by atoms with Crippen LogP contribution >= 0.6 is 0 Å². The second-order valence-electron chi connectivity index (χ2n) is 7.99. The predicted octanol–water partition coefficient (Wildman–Crippen LogP) is 3.78. The number of rotatable bonds is 9. The molecule has 3 amide bonds. The summed E-state index contributed by atoms with van der Waals surface area (Å²) in [6.07, 6.45) is 0. The van der Waals surface area contributed by atoms with Gasteiger partial charge in [-0.1, -0.05) is 36.4 Å². The maximum atomic E-state index is 13.8. The van der Waals surface area contributed by atoms with E-state index in [9.17, 15) is 14.4 Å². The average Bonchev–Trinajstić information content (AvgIpc) is 3.14. The van der Waals surface area contributed by atoms with Crippen molar-refractivity contribution in [3.05, 3.63) is 89.5 Å². The topological polar surface area (TPSA) is 94.2 Å². The molecule has 3 aromatic rings. The van der Waals surface area contributed by atoms with Gasteiger partial charge < -0.3 is 19.5 Å². The van der Waals surface area contributed by atoms with Crippen molar-refractivity contribution in [1.82, 2.24) is 10.2 Å². The quantitative estimate of drug-likeness (QED) is 0.375. The SMILES string of the molecule is COc1ccc(C2(c3ccc(OC)cc3)NC(=O)N(CCOc3ccccc3C(C)=O)C2=O)cc1. The number of carbonyl (C=O) groups is 3. The second kappa shape index (κ2) is 9.89. The van der Waals surface area contributed by atoms with Crippen LogP contribution in [-0.2, 0) is 10.3 Å². The minimum Gasteiger partial charge on any atom is -0.497 e. The first-order valence-corrected chi connectivity index (χ1v) is 11.1. The number of para-hydroxylation sites is 1. The summed E-state index contributed by atoms with van der Waals surface area (Å²) in [6.45, 7) is 1.49. The van der Waals surface area contributed by atoms with E-state index in [0.717, 1.165) is 4.90 Å². The van der Waals surface area contributed by atoms with E-state index in [1.54, 1.807) is 87.0 Å². The first kappa shape index (κ1) is 23.8. The summed E-state index contributed by atoms with van der Waals surface area (Å²) in [4.78, 5) is 39.9. The number of methoxy groups -OCH3 is 2. The Bertz CT molecular complexity index is 1190. The molecule has 35 heavy (non-hydrogen) atoms. The molecule has 0 aromatic heterocycles. The van der Waals surface area contributed by atoms with E-state index < -0.39 is 17.5 Å². The van der Waals surface area contributed by atoms with Crippen molar-refractivity contribution in [2.45, 2.75) is 12.5 Å². The summed E-state index contributed by atoms with van der Waals surface area (Å²) >= 11 is 0. The minimum atomic E-state index is -1.42. The maximum absolute atomic E-state index is 13.8. The lowest BCUT2D eigenvalue weighted by atomic mass is 9.82. The van der Waals surface area contributed by atoms with Crippen molar-refractivity contribution in [3.63, 3.8) is 0 Å². The first-order valence-electron chi connectivity index (χ1n) is 11.1. The predicted molar refractivity (Wildman–Crippen MR) is 129 cm³/mol. The molecule has 0 radical (unpaired) electrons. The highest BCUT2D eigenvalue weighted by molar-refractivity contribution is 6.09. The molecule has 1 heterocycles. The fraction of sp³-hybridized carbons (Fsp3) is 0.222. The van der Waals surface area contributed by atoms with E-state index in [2.05, 4.69) is 5.32 Å². The van der Waals surface area contributed by atoms with Crippen molar-refractivity contribution in [2.75, 3.05) is 27.4 Å². The summed E-state index contributed by atoms with van der Waals surface area (Å²) < 4.78 is 16.3. The zero-order valence-corrected chi connectivity index (χ0v) is 19.7. The second-order valence-corrected chi connectivity index (χ2v) is 7.99. The van der Waals surface area contributed by atoms with Crippen LogP contribution < -0.4 is 19.5 Å². The summed E-state index contributed by atoms with van der Waals surface area (Å²) in [5, 5.41) is 2.90. The third kappa shape index (κ3) is 4.42. The molecule has 1 fully saturated rings. The van der Waals surface area contributed by atoms with Crippen molar-refractivity contribution < 1.29 is 28.6 Å². The minimum absolute atomic E-state index is 0.00493. The van der Waals surface area contributed by atoms with Gasteiger partial charge in [-0.15, -0.1) is 0 Å². The van der Waals surface area contributed by atoms with Gasteiger partial charge in [0.25, 0.3) is 5.91 Å². The van der Waals surface area contributed by atoms with E-state index in [-0.39, 0.29) is 18.9 Å². The third-order valence-corrected chi connectivity index (χ3v) is 5.99. The van der Waals surface area contributed by atoms with Gasteiger partial charge in [0, 0.05) is 0 Å². The van der Waals surface area contributed by atoms with Crippen LogP contribution in [0.5, 0.6) is 17.2 Å². The summed E-state index contributed by atoms with van der Waals surface area (Å²) in [6, 6.07) is 20.3. The monoisotopic (exact) mass is 474 g/mol. The van der Waals surface area contributed by atoms with Crippen LogP contribution in [0.15, 0.2) is 72.8 Å². The summed E-state index contributed by atoms with van der Waals surface area (Å²) in [7, 11) is 3.12. The number of ether oxygens (including phenoxy) is 3. The van der Waals surface area contributed by atoms with Crippen molar-refractivity contribution >= 4 is 17.7 Å². The molecule has 8 heteroatoms. The Balaban J connectivity index is 1.63. The summed E-state index contributed by atoms with van der Waals surface area (Å²) in [5.74, 6) is 1.10. The number of nitrogens with zero attached hydrogens (tertiary/aromatic N) is 1. The van der Waals surface area contributed by atoms with Crippen molar-refractivity contribution in [2.24, 2.45) is 0 Å². The molecule has 180 valence electrons. The van der Waals surface area contributed by atoms with Gasteiger partial charge >= 0.3 is 6.03 Å². The molecular weight excluding hydrogens is 448 g/mol. The Morgan fingerprint density at radius 2 is 1.40 bits per heavy atom. The number of hydrogen-bond acceptors (Lipinski definition) is 6. The standard InChI is InChI=1S/C27H26N2O6/c1-18(30)23-6-4-5-7-24(23)35-17-16-29-25(31)27(28-26(29)32,19-8-12-21(33-2)13-9-19)20-10-14-22(34-3)15-11-20/h4-15H,16-17H2,1-3H3,(H,28,32). The molecule has 1 aliphatic rings. The molecule has 1 aliphatic heterocycles. The molecule has 1 N–H and O–H groups in total. The first-order chi connectivity index (χ1) is 16.9. The number of imide groups is 1. The van der Waals surface area contributed by atoms with Gasteiger partial charge in [0.2, 0.25) is 0 Å². The lowest BCUT2D eigenvalue weighted by Gasteiger charge is -2.28. The number of nitrogens with one attached hydrogen (secondary N) is 1. The number of ketones is 1. The van der Waals surface area contributed by atoms with Crippen LogP contribution in [0.25, 0.3) is 0 Å². The van der Waals surface area contributed by atoms with E-state index in [4.69, 9.17) is 14.2 Å². The lowest BCUT2D eigenvalue weighted by molar-refractivity contribution is -0.130. The highest BCUT2D eigenvalue weighted by atomic mass is 16.5. The van der Waals surface area contributed by atoms with E-state index >= 15 is 0 Å². The number of hydrogen-bond donors (Lipinski definition) is 1. The fourth-order valence-electron chi connectivity index (χ4n) is 4.15. The van der Waals surface area contributed by atoms with Crippen LogP contribution in [0.4, 0.5) is 4.79 Å². The third-order valence-electron chi connectivity index (χ3n) is 5.99. The van der Waals surface area contributed by atoms with Gasteiger partial charge in [0.15, 0.2) is 11.3 Å². The Kier molecular flexibility index (Phi) is 6.73. The molecule has 0 saturated carbocycles. The van der Waals surface area contributed by atoms with Gasteiger partial charge in [-0.2, -0.15) is 0 Å². The molecule has 4 rings (SSSR count). The van der Waals surface area contributed by atoms with Crippen LogP contribution in [0.3, 0.4) is 0 Å². The van der Waals surface area contributed by atoms with Crippen LogP contribution in [-0.4, -0.2) is 50.0 Å². The number of benzene rings is 3. The Labute approximate surface area is 203 Å². The summed E-state index contributed by atoms with van der Waals surface area (Å²) in [5.41, 5.74) is 0.197. The molecule has 0 bridgehead atoms. The molecule has 0 aliphatic carbocycles. The van der Waals surface area contributed by atoms with Gasteiger partial charge in [-0.3, -0.25) is 14.5 Å². The molecular formula is C27H26N2O6. The van der Waals surface area contributed by atoms with Crippen LogP contribution in [0.2, 0.25) is 0 Å². The molecule has 0 unspecified atom stereocenters. The number of urea groups is 1. The molecule has 3 aromatic carbocycles. The fourth-order valence-corrected chi connectivity index (χ4v) is 4.15. The van der Waals surface area contributed by atoms with Gasteiger partial charge in [-0.25, -0.2) is 4.79 Å². The van der Waals surface area contributed by atoms with E-state index in [1.165, 1.54) is 6.92 Å². The van der Waals surface area contributed by atoms with Crippen LogP contribution in [0.1, 0.15) is 28.4 Å². The van der Waals surface area contributed by atoms with Crippen LogP contribution in [0, 0.1) is 0 Å². The lowest BCUT2D eigenvalue weighted by Crippen LogP contribution is -2.45. The van der Waals surface area contributed by atoms with Gasteiger partial charge in [0.1, 0.15) is 23.9 Å². The zero-order chi connectivity index (χ0) is 25.0. The Morgan fingerprint density at radius 3 is 1.91 bits per heavy atom. The average molecular weight is 475 g/mol. The van der Waals surface area contributed by atoms with E-state index in [1.807, 2.05) is 0 Å². The highest BCUT2D eigenvalue weighted by Gasteiger charge is 2.53. The largest absolute Gasteiger partial charge is 0.497 e. The van der Waals surface area contributed by atoms with Gasteiger partial charge in [-0.05, 0) is 54.4 Å². The number of amides is 3. The maximum Gasteiger partial charge on any atom is 0.325 e. The molecule has 0 atom stereocenters. The Hall–Kier alpha value is -4.33. The molecule has 0 spiro atoms. The van der Waals surface area contributed by atoms with Crippen molar-refractivity contribution in [3.8, 4) is 17.2 Å². The normalized spacial score (nSPS) is 14.4. The molecule has 8 nitrogen and oxygen atoms in total. The van der Waals surface area contributed by atoms with Crippen molar-refractivity contribution in [1.29, 1.82) is 0 Å². The van der Waals surface area contributed by atoms with Gasteiger partial charge in [0.05, 0.1) is 26.3 Å². The number of carbonyl (C=O) groups excluding carboxylic acids is 3. The number of Topliss-reactive ketones (excluding diaryl/α,β-unsaturated/α-hetero) is 1. The molecule has 1 saturated heterocycles.